The number of para-hydroxylation sites is 1. The number of methoxy groups -OCH3 is 1. The van der Waals surface area contributed by atoms with E-state index < -0.39 is 0 Å². The SMILES string of the molecule is COCCCN1C(=O)C(=Cc2cn(-c3ccccc3)nc2-c2ccc(OCC(C)C)cc2)SC1=S. The zero-order chi connectivity index (χ0) is 24.8. The van der Waals surface area contributed by atoms with Crippen LogP contribution in [0.15, 0.2) is 65.7 Å². The molecule has 0 atom stereocenters. The van der Waals surface area contributed by atoms with Gasteiger partial charge in [-0.25, -0.2) is 4.68 Å². The molecule has 0 radical (unpaired) electrons. The van der Waals surface area contributed by atoms with Crippen LogP contribution in [0, 0.1) is 5.92 Å². The van der Waals surface area contributed by atoms with E-state index >= 15 is 0 Å². The topological polar surface area (TPSA) is 56.6 Å². The highest BCUT2D eigenvalue weighted by Gasteiger charge is 2.32. The average Bonchev–Trinajstić information content (AvgIpc) is 3.40. The maximum absolute atomic E-state index is 13.1. The van der Waals surface area contributed by atoms with Gasteiger partial charge in [-0.3, -0.25) is 9.69 Å². The summed E-state index contributed by atoms with van der Waals surface area (Å²) in [6.45, 7) is 6.04. The van der Waals surface area contributed by atoms with Crippen LogP contribution in [-0.4, -0.2) is 51.8 Å². The fourth-order valence-electron chi connectivity index (χ4n) is 3.60. The van der Waals surface area contributed by atoms with Crippen molar-refractivity contribution >= 4 is 40.3 Å². The Morgan fingerprint density at radius 3 is 2.54 bits per heavy atom. The van der Waals surface area contributed by atoms with Crippen molar-refractivity contribution in [2.24, 2.45) is 5.92 Å². The third kappa shape index (κ3) is 6.20. The third-order valence-corrected chi connectivity index (χ3v) is 6.74. The molecular formula is C27H29N3O3S2. The Balaban J connectivity index is 1.66. The number of ether oxygens (including phenoxy) is 2. The van der Waals surface area contributed by atoms with Crippen LogP contribution in [0.4, 0.5) is 0 Å². The monoisotopic (exact) mass is 507 g/mol. The molecule has 0 bridgehead atoms. The van der Waals surface area contributed by atoms with Gasteiger partial charge < -0.3 is 9.47 Å². The number of carbonyl (C=O) groups excluding carboxylic acids is 1. The van der Waals surface area contributed by atoms with Crippen molar-refractivity contribution < 1.29 is 14.3 Å². The Hall–Kier alpha value is -2.94. The lowest BCUT2D eigenvalue weighted by Crippen LogP contribution is -2.29. The zero-order valence-corrected chi connectivity index (χ0v) is 21.8. The molecule has 4 rings (SSSR count). The molecular weight excluding hydrogens is 478 g/mol. The number of nitrogens with zero attached hydrogens (tertiary/aromatic N) is 3. The predicted molar refractivity (Wildman–Crippen MR) is 146 cm³/mol. The summed E-state index contributed by atoms with van der Waals surface area (Å²) >= 11 is 6.80. The van der Waals surface area contributed by atoms with Gasteiger partial charge in [0.1, 0.15) is 10.1 Å². The van der Waals surface area contributed by atoms with Crippen LogP contribution in [0.5, 0.6) is 5.75 Å². The van der Waals surface area contributed by atoms with Gasteiger partial charge in [-0.05, 0) is 54.8 Å². The van der Waals surface area contributed by atoms with E-state index in [0.29, 0.717) is 34.9 Å². The summed E-state index contributed by atoms with van der Waals surface area (Å²) in [6.07, 6.45) is 4.57. The number of thioether (sulfide) groups is 1. The Morgan fingerprint density at radius 2 is 1.86 bits per heavy atom. The molecule has 3 aromatic rings. The second-order valence-electron chi connectivity index (χ2n) is 8.62. The van der Waals surface area contributed by atoms with Crippen molar-refractivity contribution in [3.8, 4) is 22.7 Å². The highest BCUT2D eigenvalue weighted by atomic mass is 32.2. The highest BCUT2D eigenvalue weighted by Crippen LogP contribution is 2.35. The van der Waals surface area contributed by atoms with E-state index in [0.717, 1.165) is 34.7 Å². The van der Waals surface area contributed by atoms with Crippen LogP contribution >= 0.6 is 24.0 Å². The molecule has 1 aliphatic heterocycles. The largest absolute Gasteiger partial charge is 0.493 e. The van der Waals surface area contributed by atoms with E-state index in [-0.39, 0.29) is 5.91 Å². The van der Waals surface area contributed by atoms with Crippen molar-refractivity contribution in [1.29, 1.82) is 0 Å². The van der Waals surface area contributed by atoms with E-state index in [2.05, 4.69) is 13.8 Å². The number of amides is 1. The molecule has 1 amide bonds. The lowest BCUT2D eigenvalue weighted by Gasteiger charge is -2.13. The predicted octanol–water partition coefficient (Wildman–Crippen LogP) is 5.81. The quantitative estimate of drug-likeness (QED) is 0.196. The summed E-state index contributed by atoms with van der Waals surface area (Å²) < 4.78 is 13.4. The van der Waals surface area contributed by atoms with E-state index in [1.807, 2.05) is 71.6 Å². The minimum absolute atomic E-state index is 0.0769. The maximum atomic E-state index is 13.1. The lowest BCUT2D eigenvalue weighted by molar-refractivity contribution is -0.122. The smallest absolute Gasteiger partial charge is 0.266 e. The average molecular weight is 508 g/mol. The van der Waals surface area contributed by atoms with Crippen LogP contribution < -0.4 is 4.74 Å². The molecule has 2 heterocycles. The first kappa shape index (κ1) is 25.2. The molecule has 35 heavy (non-hydrogen) atoms. The summed E-state index contributed by atoms with van der Waals surface area (Å²) in [5.74, 6) is 1.20. The molecule has 0 N–H and O–H groups in total. The second kappa shape index (κ2) is 11.7. The van der Waals surface area contributed by atoms with Crippen molar-refractivity contribution in [2.75, 3.05) is 26.9 Å². The first-order chi connectivity index (χ1) is 17.0. The lowest BCUT2D eigenvalue weighted by atomic mass is 10.1. The first-order valence-electron chi connectivity index (χ1n) is 11.6. The van der Waals surface area contributed by atoms with E-state index in [9.17, 15) is 4.79 Å². The number of aromatic nitrogens is 2. The van der Waals surface area contributed by atoms with Gasteiger partial charge in [0.15, 0.2) is 0 Å². The minimum Gasteiger partial charge on any atom is -0.493 e. The number of carbonyl (C=O) groups is 1. The van der Waals surface area contributed by atoms with Crippen LogP contribution in [0.1, 0.15) is 25.8 Å². The van der Waals surface area contributed by atoms with Crippen molar-refractivity contribution in [3.63, 3.8) is 0 Å². The fraction of sp³-hybridized carbons (Fsp3) is 0.296. The van der Waals surface area contributed by atoms with Crippen molar-refractivity contribution in [1.82, 2.24) is 14.7 Å². The molecule has 1 saturated heterocycles. The van der Waals surface area contributed by atoms with E-state index in [1.54, 1.807) is 12.0 Å². The summed E-state index contributed by atoms with van der Waals surface area (Å²) in [4.78, 5) is 15.3. The standard InChI is InChI=1S/C27H29N3O3S2/c1-19(2)18-33-23-12-10-20(11-13-23)25-21(17-30(28-25)22-8-5-4-6-9-22)16-24-26(31)29(27(34)35-24)14-7-15-32-3/h4-6,8-13,16-17,19H,7,14-15,18H2,1-3H3. The molecule has 182 valence electrons. The van der Waals surface area contributed by atoms with Crippen LogP contribution in [0.25, 0.3) is 23.0 Å². The molecule has 1 aromatic heterocycles. The summed E-state index contributed by atoms with van der Waals surface area (Å²) in [6, 6.07) is 17.8. The summed E-state index contributed by atoms with van der Waals surface area (Å²) in [7, 11) is 1.65. The van der Waals surface area contributed by atoms with Crippen LogP contribution in [-0.2, 0) is 9.53 Å². The van der Waals surface area contributed by atoms with Crippen LogP contribution in [0.3, 0.4) is 0 Å². The van der Waals surface area contributed by atoms with Gasteiger partial charge in [0.05, 0.1) is 22.9 Å². The maximum Gasteiger partial charge on any atom is 0.266 e. The van der Waals surface area contributed by atoms with Gasteiger partial charge in [-0.15, -0.1) is 0 Å². The summed E-state index contributed by atoms with van der Waals surface area (Å²) in [5.41, 5.74) is 3.52. The molecule has 8 heteroatoms. The number of benzene rings is 2. The molecule has 0 saturated carbocycles. The molecule has 1 aliphatic rings. The normalized spacial score (nSPS) is 15.0. The molecule has 2 aromatic carbocycles. The van der Waals surface area contributed by atoms with Gasteiger partial charge >= 0.3 is 0 Å². The van der Waals surface area contributed by atoms with Crippen molar-refractivity contribution in [2.45, 2.75) is 20.3 Å². The second-order valence-corrected chi connectivity index (χ2v) is 10.3. The van der Waals surface area contributed by atoms with Gasteiger partial charge in [0.2, 0.25) is 0 Å². The zero-order valence-electron chi connectivity index (χ0n) is 20.1. The number of thiocarbonyl (C=S) groups is 1. The third-order valence-electron chi connectivity index (χ3n) is 5.36. The first-order valence-corrected chi connectivity index (χ1v) is 12.8. The molecule has 1 fully saturated rings. The van der Waals surface area contributed by atoms with E-state index in [1.165, 1.54) is 11.8 Å². The molecule has 6 nitrogen and oxygen atoms in total. The Kier molecular flexibility index (Phi) is 8.38. The fourth-order valence-corrected chi connectivity index (χ4v) is 4.90. The van der Waals surface area contributed by atoms with Gasteiger partial charge in [-0.2, -0.15) is 5.10 Å². The molecule has 0 spiro atoms. The molecule has 0 aliphatic carbocycles. The van der Waals surface area contributed by atoms with Gasteiger partial charge in [-0.1, -0.05) is 56.0 Å². The number of rotatable bonds is 10. The number of hydrogen-bond acceptors (Lipinski definition) is 6. The highest BCUT2D eigenvalue weighted by molar-refractivity contribution is 8.26. The van der Waals surface area contributed by atoms with Crippen molar-refractivity contribution in [3.05, 3.63) is 71.3 Å². The molecule has 0 unspecified atom stereocenters. The Morgan fingerprint density at radius 1 is 1.11 bits per heavy atom. The minimum atomic E-state index is -0.0769. The van der Waals surface area contributed by atoms with Gasteiger partial charge in [0.25, 0.3) is 5.91 Å². The van der Waals surface area contributed by atoms with Crippen LogP contribution in [0.2, 0.25) is 0 Å². The Labute approximate surface area is 215 Å². The van der Waals surface area contributed by atoms with E-state index in [4.69, 9.17) is 26.8 Å². The summed E-state index contributed by atoms with van der Waals surface area (Å²) in [5, 5.41) is 4.87. The number of hydrogen-bond donors (Lipinski definition) is 0. The Bertz CT molecular complexity index is 1200. The van der Waals surface area contributed by atoms with Gasteiger partial charge in [0, 0.05) is 37.6 Å².